The lowest BCUT2D eigenvalue weighted by atomic mass is 9.77. The Morgan fingerprint density at radius 2 is 1.52 bits per heavy atom. The molecule has 0 aromatic heterocycles. The van der Waals surface area contributed by atoms with Gasteiger partial charge in [-0.15, -0.1) is 0 Å². The molecular weight excluding hydrogens is 368 g/mol. The van der Waals surface area contributed by atoms with E-state index in [2.05, 4.69) is 0 Å². The van der Waals surface area contributed by atoms with Crippen LogP contribution in [0, 0.1) is 0 Å². The Morgan fingerprint density at radius 1 is 0.759 bits per heavy atom. The average Bonchev–Trinajstić information content (AvgIpc) is 3.01. The highest BCUT2D eigenvalue weighted by Crippen LogP contribution is 2.57. The normalized spacial score (nSPS) is 18.7. The van der Waals surface area contributed by atoms with E-state index in [9.17, 15) is 15.0 Å². The first-order valence-electron chi connectivity index (χ1n) is 9.18. The summed E-state index contributed by atoms with van der Waals surface area (Å²) >= 11 is 0. The van der Waals surface area contributed by atoms with Gasteiger partial charge in [0.25, 0.3) is 0 Å². The van der Waals surface area contributed by atoms with Crippen LogP contribution in [0.1, 0.15) is 27.0 Å². The van der Waals surface area contributed by atoms with Crippen LogP contribution in [0.2, 0.25) is 0 Å². The molecule has 4 aromatic carbocycles. The second kappa shape index (κ2) is 5.29. The maximum Gasteiger partial charge on any atom is 0.340 e. The molecule has 4 aromatic rings. The predicted molar refractivity (Wildman–Crippen MR) is 106 cm³/mol. The van der Waals surface area contributed by atoms with Crippen molar-refractivity contribution in [2.75, 3.05) is 0 Å². The summed E-state index contributed by atoms with van der Waals surface area (Å²) in [7, 11) is 0. The first-order valence-corrected chi connectivity index (χ1v) is 9.18. The topological polar surface area (TPSA) is 76.0 Å². The fourth-order valence-electron chi connectivity index (χ4n) is 4.43. The van der Waals surface area contributed by atoms with Gasteiger partial charge in [0.1, 0.15) is 23.0 Å². The molecule has 6 rings (SSSR count). The van der Waals surface area contributed by atoms with Gasteiger partial charge < -0.3 is 19.7 Å². The standard InChI is InChI=1S/C24H14O5/c25-14-6-8-16-13(11-14)5-9-20-22(16)28-21-12-15(26)7-10-19(21)24(20)18-4-2-1-3-17(18)23(27)29-24/h1-12,25-26H. The van der Waals surface area contributed by atoms with E-state index in [1.165, 1.54) is 6.07 Å². The number of fused-ring (bicyclic) bond motifs is 8. The van der Waals surface area contributed by atoms with E-state index in [4.69, 9.17) is 9.47 Å². The molecule has 29 heavy (non-hydrogen) atoms. The fourth-order valence-corrected chi connectivity index (χ4v) is 4.43. The minimum Gasteiger partial charge on any atom is -0.508 e. The zero-order valence-corrected chi connectivity index (χ0v) is 15.0. The third-order valence-electron chi connectivity index (χ3n) is 5.66. The van der Waals surface area contributed by atoms with Crippen molar-refractivity contribution < 1.29 is 24.5 Å². The lowest BCUT2D eigenvalue weighted by molar-refractivity contribution is 0.0225. The van der Waals surface area contributed by atoms with Gasteiger partial charge in [-0.25, -0.2) is 4.79 Å². The van der Waals surface area contributed by atoms with Gasteiger partial charge in [0.15, 0.2) is 5.60 Å². The van der Waals surface area contributed by atoms with Gasteiger partial charge in [0.2, 0.25) is 0 Å². The Labute approximate surface area is 165 Å². The van der Waals surface area contributed by atoms with Crippen LogP contribution in [-0.4, -0.2) is 16.2 Å². The number of esters is 1. The van der Waals surface area contributed by atoms with Crippen LogP contribution in [0.25, 0.3) is 10.8 Å². The maximum atomic E-state index is 12.8. The highest BCUT2D eigenvalue weighted by Gasteiger charge is 2.53. The number of benzene rings is 4. The highest BCUT2D eigenvalue weighted by molar-refractivity contribution is 5.99. The number of carbonyl (C=O) groups is 1. The van der Waals surface area contributed by atoms with Crippen molar-refractivity contribution in [1.82, 2.24) is 0 Å². The number of hydrogen-bond donors (Lipinski definition) is 2. The van der Waals surface area contributed by atoms with Crippen LogP contribution in [0.3, 0.4) is 0 Å². The van der Waals surface area contributed by atoms with Crippen molar-refractivity contribution in [3.05, 3.63) is 95.1 Å². The predicted octanol–water partition coefficient (Wildman–Crippen LogP) is 4.82. The highest BCUT2D eigenvalue weighted by atomic mass is 16.6. The van der Waals surface area contributed by atoms with E-state index in [1.54, 1.807) is 42.5 Å². The molecule has 0 saturated heterocycles. The quantitative estimate of drug-likeness (QED) is 0.427. The van der Waals surface area contributed by atoms with Gasteiger partial charge in [-0.2, -0.15) is 0 Å². The summed E-state index contributed by atoms with van der Waals surface area (Å²) < 4.78 is 12.3. The van der Waals surface area contributed by atoms with Gasteiger partial charge >= 0.3 is 5.97 Å². The third-order valence-corrected chi connectivity index (χ3v) is 5.66. The molecule has 1 atom stereocenters. The fraction of sp³-hybridized carbons (Fsp3) is 0.0417. The lowest BCUT2D eigenvalue weighted by Crippen LogP contribution is -2.33. The molecule has 0 fully saturated rings. The van der Waals surface area contributed by atoms with Crippen LogP contribution in [0.4, 0.5) is 0 Å². The molecule has 0 saturated carbocycles. The largest absolute Gasteiger partial charge is 0.508 e. The summed E-state index contributed by atoms with van der Waals surface area (Å²) in [4.78, 5) is 12.8. The van der Waals surface area contributed by atoms with Crippen molar-refractivity contribution in [3.63, 3.8) is 0 Å². The Balaban J connectivity index is 1.77. The van der Waals surface area contributed by atoms with Crippen LogP contribution >= 0.6 is 0 Å². The van der Waals surface area contributed by atoms with E-state index in [0.717, 1.165) is 16.3 Å². The van der Waals surface area contributed by atoms with E-state index < -0.39 is 11.6 Å². The van der Waals surface area contributed by atoms with Crippen molar-refractivity contribution in [3.8, 4) is 23.0 Å². The monoisotopic (exact) mass is 382 g/mol. The van der Waals surface area contributed by atoms with Gasteiger partial charge in [0, 0.05) is 28.1 Å². The molecule has 2 aliphatic rings. The van der Waals surface area contributed by atoms with Crippen molar-refractivity contribution in [2.24, 2.45) is 0 Å². The van der Waals surface area contributed by atoms with Gasteiger partial charge in [-0.05, 0) is 47.9 Å². The van der Waals surface area contributed by atoms with E-state index >= 15 is 0 Å². The van der Waals surface area contributed by atoms with Crippen LogP contribution in [-0.2, 0) is 10.3 Å². The van der Waals surface area contributed by atoms with Gasteiger partial charge in [-0.1, -0.05) is 24.3 Å². The molecule has 0 aliphatic carbocycles. The number of aromatic hydroxyl groups is 2. The van der Waals surface area contributed by atoms with Crippen LogP contribution in [0.15, 0.2) is 72.8 Å². The van der Waals surface area contributed by atoms with E-state index in [0.29, 0.717) is 28.2 Å². The number of hydrogen-bond acceptors (Lipinski definition) is 5. The summed E-state index contributed by atoms with van der Waals surface area (Å²) in [5.74, 6) is 0.752. The molecular formula is C24H14O5. The van der Waals surface area contributed by atoms with Gasteiger partial charge in [-0.3, -0.25) is 0 Å². The smallest absolute Gasteiger partial charge is 0.340 e. The third kappa shape index (κ3) is 1.96. The number of phenolic OH excluding ortho intramolecular Hbond substituents is 2. The lowest BCUT2D eigenvalue weighted by Gasteiger charge is -2.37. The zero-order valence-electron chi connectivity index (χ0n) is 15.0. The Morgan fingerprint density at radius 3 is 2.41 bits per heavy atom. The number of phenols is 2. The molecule has 0 bridgehead atoms. The summed E-state index contributed by atoms with van der Waals surface area (Å²) in [6.45, 7) is 0. The second-order valence-corrected chi connectivity index (χ2v) is 7.25. The maximum absolute atomic E-state index is 12.8. The van der Waals surface area contributed by atoms with E-state index in [1.807, 2.05) is 24.3 Å². The van der Waals surface area contributed by atoms with Crippen LogP contribution in [0.5, 0.6) is 23.0 Å². The first-order chi connectivity index (χ1) is 14.1. The van der Waals surface area contributed by atoms with Gasteiger partial charge in [0.05, 0.1) is 5.56 Å². The van der Waals surface area contributed by atoms with E-state index in [-0.39, 0.29) is 11.5 Å². The Kier molecular flexibility index (Phi) is 2.92. The minimum absolute atomic E-state index is 0.0536. The number of rotatable bonds is 0. The summed E-state index contributed by atoms with van der Waals surface area (Å²) in [6.07, 6.45) is 0. The van der Waals surface area contributed by atoms with Crippen LogP contribution < -0.4 is 4.74 Å². The molecule has 1 unspecified atom stereocenters. The molecule has 2 N–H and O–H groups in total. The minimum atomic E-state index is -1.17. The molecule has 2 aliphatic heterocycles. The summed E-state index contributed by atoms with van der Waals surface area (Å²) in [5.41, 5.74) is 1.42. The van der Waals surface area contributed by atoms with Crippen molar-refractivity contribution in [2.45, 2.75) is 5.60 Å². The second-order valence-electron chi connectivity index (χ2n) is 7.25. The first kappa shape index (κ1) is 16.0. The average molecular weight is 382 g/mol. The molecule has 1 spiro atoms. The number of ether oxygens (including phenoxy) is 2. The molecule has 140 valence electrons. The molecule has 2 heterocycles. The number of carbonyl (C=O) groups excluding carboxylic acids is 1. The molecule has 0 amide bonds. The molecule has 0 radical (unpaired) electrons. The van der Waals surface area contributed by atoms with Crippen molar-refractivity contribution in [1.29, 1.82) is 0 Å². The van der Waals surface area contributed by atoms with Crippen molar-refractivity contribution >= 4 is 16.7 Å². The zero-order chi connectivity index (χ0) is 19.8. The summed E-state index contributed by atoms with van der Waals surface area (Å²) in [6, 6.07) is 20.9. The SMILES string of the molecule is O=C1OC2(c3ccc(O)cc3Oc3c2ccc2cc(O)ccc32)c2ccccc21. The Hall–Kier alpha value is -3.99. The molecule has 5 heteroatoms. The summed E-state index contributed by atoms with van der Waals surface area (Å²) in [5, 5.41) is 21.5. The Bertz CT molecular complexity index is 1360. The molecule has 5 nitrogen and oxygen atoms in total.